The van der Waals surface area contributed by atoms with Gasteiger partial charge in [-0.25, -0.2) is 0 Å². The first kappa shape index (κ1) is 20.7. The highest BCUT2D eigenvalue weighted by Crippen LogP contribution is 2.27. The van der Waals surface area contributed by atoms with Gasteiger partial charge in [0, 0.05) is 36.2 Å². The molecular weight excluding hydrogens is 370 g/mol. The van der Waals surface area contributed by atoms with Crippen LogP contribution in [0.4, 0.5) is 0 Å². The first-order valence-electron chi connectivity index (χ1n) is 11.2. The van der Waals surface area contributed by atoms with Crippen LogP contribution in [0.25, 0.3) is 22.0 Å². The highest BCUT2D eigenvalue weighted by Gasteiger charge is 2.17. The highest BCUT2D eigenvalue weighted by atomic mass is 16.1. The summed E-state index contributed by atoms with van der Waals surface area (Å²) in [5.74, 6) is 0.0932. The summed E-state index contributed by atoms with van der Waals surface area (Å²) in [6.07, 6.45) is 9.03. The fraction of sp³-hybridized carbons (Fsp3) is 0.423. The van der Waals surface area contributed by atoms with Crippen LogP contribution in [0.15, 0.2) is 48.7 Å². The Balaban J connectivity index is 1.34. The van der Waals surface area contributed by atoms with Crippen LogP contribution in [-0.4, -0.2) is 42.0 Å². The lowest BCUT2D eigenvalue weighted by Crippen LogP contribution is -2.39. The normalized spacial score (nSPS) is 15.0. The van der Waals surface area contributed by atoms with E-state index in [9.17, 15) is 4.79 Å². The van der Waals surface area contributed by atoms with Gasteiger partial charge in [0.05, 0.1) is 6.42 Å². The van der Waals surface area contributed by atoms with Gasteiger partial charge in [-0.2, -0.15) is 0 Å². The predicted octanol–water partition coefficient (Wildman–Crippen LogP) is 5.07. The molecule has 0 spiro atoms. The highest BCUT2D eigenvalue weighted by molar-refractivity contribution is 5.91. The number of aromatic nitrogens is 1. The Morgan fingerprint density at radius 1 is 1.10 bits per heavy atom. The quantitative estimate of drug-likeness (QED) is 0.579. The second kappa shape index (κ2) is 9.48. The Hall–Kier alpha value is -2.59. The van der Waals surface area contributed by atoms with Crippen molar-refractivity contribution in [3.63, 3.8) is 0 Å². The van der Waals surface area contributed by atoms with Gasteiger partial charge in [0.15, 0.2) is 0 Å². The number of rotatable bonds is 7. The molecule has 1 saturated carbocycles. The third-order valence-electron chi connectivity index (χ3n) is 6.45. The van der Waals surface area contributed by atoms with E-state index in [4.69, 9.17) is 0 Å². The lowest BCUT2D eigenvalue weighted by atomic mass is 9.94. The third kappa shape index (κ3) is 4.93. The van der Waals surface area contributed by atoms with E-state index in [1.165, 1.54) is 48.8 Å². The average Bonchev–Trinajstić information content (AvgIpc) is 3.16. The molecule has 0 unspecified atom stereocenters. The molecule has 4 heteroatoms. The molecule has 2 N–H and O–H groups in total. The van der Waals surface area contributed by atoms with Gasteiger partial charge in [0.2, 0.25) is 5.91 Å². The molecule has 0 aliphatic heterocycles. The molecule has 2 aromatic carbocycles. The Morgan fingerprint density at radius 3 is 2.70 bits per heavy atom. The minimum atomic E-state index is 0.0932. The van der Waals surface area contributed by atoms with Crippen LogP contribution in [0.5, 0.6) is 0 Å². The summed E-state index contributed by atoms with van der Waals surface area (Å²) in [6, 6.07) is 15.7. The smallest absolute Gasteiger partial charge is 0.224 e. The standard InChI is InChI=1S/C26H33N3O/c1-19-7-6-8-20(15-19)21-11-12-24-22(18-28-25(24)16-21)17-26(30)27-13-14-29(2)23-9-4-3-5-10-23/h6-8,11-12,15-16,18,23,28H,3-5,9-10,13-14,17H2,1-2H3,(H,27,30). The summed E-state index contributed by atoms with van der Waals surface area (Å²) in [6.45, 7) is 3.75. The van der Waals surface area contributed by atoms with E-state index >= 15 is 0 Å². The van der Waals surface area contributed by atoms with Crippen LogP contribution in [-0.2, 0) is 11.2 Å². The van der Waals surface area contributed by atoms with Gasteiger partial charge in [-0.3, -0.25) is 4.79 Å². The molecule has 0 atom stereocenters. The lowest BCUT2D eigenvalue weighted by Gasteiger charge is -2.31. The Bertz CT molecular complexity index is 1000. The molecular formula is C26H33N3O. The Kier molecular flexibility index (Phi) is 6.53. The fourth-order valence-electron chi connectivity index (χ4n) is 4.65. The van der Waals surface area contributed by atoms with Gasteiger partial charge in [0.25, 0.3) is 0 Å². The maximum atomic E-state index is 12.5. The number of carbonyl (C=O) groups is 1. The maximum Gasteiger partial charge on any atom is 0.224 e. The summed E-state index contributed by atoms with van der Waals surface area (Å²) in [5.41, 5.74) is 5.79. The second-order valence-corrected chi connectivity index (χ2v) is 8.74. The van der Waals surface area contributed by atoms with Gasteiger partial charge in [0.1, 0.15) is 0 Å². The first-order chi connectivity index (χ1) is 14.6. The fourth-order valence-corrected chi connectivity index (χ4v) is 4.65. The summed E-state index contributed by atoms with van der Waals surface area (Å²) in [7, 11) is 2.19. The zero-order valence-corrected chi connectivity index (χ0v) is 18.2. The monoisotopic (exact) mass is 403 g/mol. The van der Waals surface area contributed by atoms with Crippen molar-refractivity contribution in [2.45, 2.75) is 51.5 Å². The molecule has 1 heterocycles. The van der Waals surface area contributed by atoms with Crippen molar-refractivity contribution in [3.05, 3.63) is 59.8 Å². The number of nitrogens with zero attached hydrogens (tertiary/aromatic N) is 1. The zero-order chi connectivity index (χ0) is 20.9. The number of fused-ring (bicyclic) bond motifs is 1. The second-order valence-electron chi connectivity index (χ2n) is 8.74. The number of likely N-dealkylation sites (N-methyl/N-ethyl adjacent to an activating group) is 1. The van der Waals surface area contributed by atoms with Gasteiger partial charge in [-0.15, -0.1) is 0 Å². The van der Waals surface area contributed by atoms with Crippen molar-refractivity contribution >= 4 is 16.8 Å². The van der Waals surface area contributed by atoms with Crippen LogP contribution < -0.4 is 5.32 Å². The lowest BCUT2D eigenvalue weighted by molar-refractivity contribution is -0.120. The molecule has 1 aliphatic rings. The minimum Gasteiger partial charge on any atom is -0.361 e. The average molecular weight is 404 g/mol. The molecule has 30 heavy (non-hydrogen) atoms. The molecule has 1 aromatic heterocycles. The zero-order valence-electron chi connectivity index (χ0n) is 18.2. The number of hydrogen-bond acceptors (Lipinski definition) is 2. The summed E-state index contributed by atoms with van der Waals surface area (Å²) in [4.78, 5) is 18.3. The van der Waals surface area contributed by atoms with Crippen LogP contribution >= 0.6 is 0 Å². The van der Waals surface area contributed by atoms with Gasteiger partial charge in [-0.1, -0.05) is 61.2 Å². The van der Waals surface area contributed by atoms with E-state index in [1.807, 2.05) is 6.20 Å². The molecule has 1 amide bonds. The van der Waals surface area contributed by atoms with Crippen LogP contribution in [0.1, 0.15) is 43.2 Å². The number of aromatic amines is 1. The summed E-state index contributed by atoms with van der Waals surface area (Å²) >= 11 is 0. The van der Waals surface area contributed by atoms with Crippen molar-refractivity contribution in [3.8, 4) is 11.1 Å². The Labute approximate surface area is 179 Å². The number of benzene rings is 2. The molecule has 0 saturated heterocycles. The van der Waals surface area contributed by atoms with Gasteiger partial charge >= 0.3 is 0 Å². The van der Waals surface area contributed by atoms with Crippen LogP contribution in [0.3, 0.4) is 0 Å². The molecule has 158 valence electrons. The van der Waals surface area contributed by atoms with Crippen molar-refractivity contribution in [2.24, 2.45) is 0 Å². The van der Waals surface area contributed by atoms with Crippen molar-refractivity contribution in [1.82, 2.24) is 15.2 Å². The van der Waals surface area contributed by atoms with Gasteiger partial charge < -0.3 is 15.2 Å². The molecule has 4 rings (SSSR count). The number of amides is 1. The molecule has 4 nitrogen and oxygen atoms in total. The number of aryl methyl sites for hydroxylation is 1. The van der Waals surface area contributed by atoms with E-state index in [1.54, 1.807) is 0 Å². The van der Waals surface area contributed by atoms with Crippen LogP contribution in [0.2, 0.25) is 0 Å². The van der Waals surface area contributed by atoms with Crippen LogP contribution in [0, 0.1) is 6.92 Å². The molecule has 3 aromatic rings. The largest absolute Gasteiger partial charge is 0.361 e. The Morgan fingerprint density at radius 2 is 1.90 bits per heavy atom. The molecule has 0 bridgehead atoms. The van der Waals surface area contributed by atoms with E-state index in [0.717, 1.165) is 23.0 Å². The predicted molar refractivity (Wildman–Crippen MR) is 125 cm³/mol. The SMILES string of the molecule is Cc1cccc(-c2ccc3c(CC(=O)NCCN(C)C4CCCCC4)c[nH]c3c2)c1. The number of nitrogens with one attached hydrogen (secondary N) is 2. The minimum absolute atomic E-state index is 0.0932. The van der Waals surface area contributed by atoms with Crippen molar-refractivity contribution < 1.29 is 4.79 Å². The van der Waals surface area contributed by atoms with E-state index in [2.05, 4.69) is 71.6 Å². The van der Waals surface area contributed by atoms with Crippen molar-refractivity contribution in [1.29, 1.82) is 0 Å². The van der Waals surface area contributed by atoms with Crippen molar-refractivity contribution in [2.75, 3.05) is 20.1 Å². The van der Waals surface area contributed by atoms with E-state index in [0.29, 0.717) is 19.0 Å². The number of H-pyrrole nitrogens is 1. The first-order valence-corrected chi connectivity index (χ1v) is 11.2. The van der Waals surface area contributed by atoms with Gasteiger partial charge in [-0.05, 0) is 49.6 Å². The number of carbonyl (C=O) groups excluding carboxylic acids is 1. The third-order valence-corrected chi connectivity index (χ3v) is 6.45. The number of hydrogen-bond donors (Lipinski definition) is 2. The maximum absolute atomic E-state index is 12.5. The topological polar surface area (TPSA) is 48.1 Å². The summed E-state index contributed by atoms with van der Waals surface area (Å²) in [5, 5.41) is 4.23. The summed E-state index contributed by atoms with van der Waals surface area (Å²) < 4.78 is 0. The molecule has 1 fully saturated rings. The molecule has 0 radical (unpaired) electrons. The van der Waals surface area contributed by atoms with E-state index < -0.39 is 0 Å². The molecule has 1 aliphatic carbocycles. The van der Waals surface area contributed by atoms with E-state index in [-0.39, 0.29) is 5.91 Å².